The number of aromatic amines is 1. The molecule has 0 amide bonds. The minimum absolute atomic E-state index is 0.0473. The molecule has 0 saturated carbocycles. The Kier molecular flexibility index (Phi) is 4.01. The van der Waals surface area contributed by atoms with E-state index in [1.165, 1.54) is 6.54 Å². The van der Waals surface area contributed by atoms with E-state index in [4.69, 9.17) is 0 Å². The molecule has 2 heterocycles. The lowest BCUT2D eigenvalue weighted by Gasteiger charge is -2.32. The third kappa shape index (κ3) is 2.90. The van der Waals surface area contributed by atoms with Crippen LogP contribution in [0.15, 0.2) is 10.9 Å². The van der Waals surface area contributed by atoms with Gasteiger partial charge >= 0.3 is 0 Å². The first-order valence-corrected chi connectivity index (χ1v) is 6.80. The Hall–Kier alpha value is -1.36. The molecule has 0 bridgehead atoms. The molecule has 2 rings (SSSR count). The number of hydrogen-bond acceptors (Lipinski definition) is 3. The maximum absolute atomic E-state index is 11.7. The van der Waals surface area contributed by atoms with Gasteiger partial charge in [-0.25, -0.2) is 4.98 Å². The lowest BCUT2D eigenvalue weighted by Crippen LogP contribution is -3.14. The van der Waals surface area contributed by atoms with Crippen molar-refractivity contribution in [2.45, 2.75) is 26.7 Å². The van der Waals surface area contributed by atoms with E-state index >= 15 is 0 Å². The van der Waals surface area contributed by atoms with Crippen LogP contribution in [0.25, 0.3) is 0 Å². The Morgan fingerprint density at radius 1 is 1.44 bits per heavy atom. The summed E-state index contributed by atoms with van der Waals surface area (Å²) in [6.45, 7) is 11.7. The number of nitrogens with one attached hydrogen (secondary N) is 2. The van der Waals surface area contributed by atoms with E-state index in [1.54, 1.807) is 11.0 Å². The molecule has 0 aliphatic carbocycles. The van der Waals surface area contributed by atoms with Crippen molar-refractivity contribution in [3.63, 3.8) is 0 Å². The summed E-state index contributed by atoms with van der Waals surface area (Å²) in [6.07, 6.45) is 0. The molecule has 2 N–H and O–H groups in total. The molecule has 1 aromatic rings. The molecule has 1 aromatic heterocycles. The summed E-state index contributed by atoms with van der Waals surface area (Å²) in [7, 11) is 0. The molecule has 1 fully saturated rings. The van der Waals surface area contributed by atoms with Crippen LogP contribution in [-0.2, 0) is 0 Å². The number of nitrogens with zero attached hydrogens (tertiary/aromatic N) is 2. The van der Waals surface area contributed by atoms with E-state index in [0.29, 0.717) is 0 Å². The van der Waals surface area contributed by atoms with Crippen molar-refractivity contribution in [2.75, 3.05) is 37.6 Å². The van der Waals surface area contributed by atoms with Gasteiger partial charge in [0, 0.05) is 6.07 Å². The molecule has 5 heteroatoms. The molecule has 0 aromatic carbocycles. The van der Waals surface area contributed by atoms with Crippen molar-refractivity contribution in [1.82, 2.24) is 9.97 Å². The van der Waals surface area contributed by atoms with Crippen molar-refractivity contribution >= 4 is 5.95 Å². The number of rotatable bonds is 3. The first-order valence-electron chi connectivity index (χ1n) is 6.80. The predicted molar refractivity (Wildman–Crippen MR) is 72.4 cm³/mol. The normalized spacial score (nSPS) is 17.4. The third-order valence-electron chi connectivity index (χ3n) is 3.61. The van der Waals surface area contributed by atoms with Gasteiger partial charge in [-0.1, -0.05) is 13.8 Å². The van der Waals surface area contributed by atoms with Gasteiger partial charge in [-0.3, -0.25) is 9.78 Å². The average Bonchev–Trinajstić information content (AvgIpc) is 2.38. The van der Waals surface area contributed by atoms with E-state index < -0.39 is 0 Å². The van der Waals surface area contributed by atoms with Gasteiger partial charge in [-0.2, -0.15) is 0 Å². The molecule has 0 atom stereocenters. The fraction of sp³-hybridized carbons (Fsp3) is 0.692. The number of H-pyrrole nitrogens is 1. The van der Waals surface area contributed by atoms with E-state index in [9.17, 15) is 4.79 Å². The van der Waals surface area contributed by atoms with Crippen LogP contribution < -0.4 is 15.4 Å². The smallest absolute Gasteiger partial charge is 0.252 e. The molecule has 5 nitrogen and oxygen atoms in total. The quantitative estimate of drug-likeness (QED) is 0.770. The van der Waals surface area contributed by atoms with Crippen LogP contribution in [0, 0.1) is 0 Å². The molecular formula is C13H23N4O+. The van der Waals surface area contributed by atoms with E-state index in [0.717, 1.165) is 37.8 Å². The van der Waals surface area contributed by atoms with E-state index in [1.807, 2.05) is 0 Å². The number of hydrogen-bond donors (Lipinski definition) is 2. The molecule has 1 saturated heterocycles. The minimum atomic E-state index is -0.0473. The number of piperazine rings is 1. The Balaban J connectivity index is 2.16. The van der Waals surface area contributed by atoms with E-state index in [2.05, 4.69) is 35.6 Å². The van der Waals surface area contributed by atoms with Crippen molar-refractivity contribution in [1.29, 1.82) is 0 Å². The molecule has 0 spiro atoms. The largest absolute Gasteiger partial charge is 0.332 e. The molecule has 0 unspecified atom stereocenters. The number of quaternary nitrogens is 1. The van der Waals surface area contributed by atoms with Crippen LogP contribution in [0.4, 0.5) is 5.95 Å². The SMILES string of the molecule is CC[NH+]1CCN(c2nc(C(C)C)cc(=O)[nH]2)CC1. The van der Waals surface area contributed by atoms with Crippen LogP contribution in [0.2, 0.25) is 0 Å². The summed E-state index contributed by atoms with van der Waals surface area (Å²) in [6, 6.07) is 1.60. The third-order valence-corrected chi connectivity index (χ3v) is 3.61. The van der Waals surface area contributed by atoms with Gasteiger partial charge in [0.1, 0.15) is 0 Å². The van der Waals surface area contributed by atoms with E-state index in [-0.39, 0.29) is 11.5 Å². The Labute approximate surface area is 108 Å². The van der Waals surface area contributed by atoms with Gasteiger partial charge in [0.25, 0.3) is 5.56 Å². The molecule has 18 heavy (non-hydrogen) atoms. The molecule has 1 aliphatic heterocycles. The van der Waals surface area contributed by atoms with Crippen LogP contribution in [0.3, 0.4) is 0 Å². The van der Waals surface area contributed by atoms with Gasteiger partial charge < -0.3 is 9.80 Å². The highest BCUT2D eigenvalue weighted by atomic mass is 16.1. The first-order chi connectivity index (χ1) is 8.60. The number of likely N-dealkylation sites (N-methyl/N-ethyl adjacent to an activating group) is 1. The zero-order chi connectivity index (χ0) is 13.1. The highest BCUT2D eigenvalue weighted by Crippen LogP contribution is 2.12. The van der Waals surface area contributed by atoms with Gasteiger partial charge in [-0.15, -0.1) is 0 Å². The summed E-state index contributed by atoms with van der Waals surface area (Å²) >= 11 is 0. The second-order valence-electron chi connectivity index (χ2n) is 5.24. The Bertz CT molecular complexity index is 447. The Morgan fingerprint density at radius 3 is 2.67 bits per heavy atom. The molecule has 0 radical (unpaired) electrons. The van der Waals surface area contributed by atoms with Crippen LogP contribution in [0.1, 0.15) is 32.4 Å². The molecular weight excluding hydrogens is 228 g/mol. The van der Waals surface area contributed by atoms with Crippen molar-refractivity contribution < 1.29 is 4.90 Å². The maximum Gasteiger partial charge on any atom is 0.252 e. The zero-order valence-corrected chi connectivity index (χ0v) is 11.5. The predicted octanol–water partition coefficient (Wildman–Crippen LogP) is -0.382. The van der Waals surface area contributed by atoms with Gasteiger partial charge in [0.05, 0.1) is 38.4 Å². The molecule has 1 aliphatic rings. The second kappa shape index (κ2) is 5.52. The first kappa shape index (κ1) is 13.1. The van der Waals surface area contributed by atoms with Crippen molar-refractivity contribution in [3.05, 3.63) is 22.1 Å². The van der Waals surface area contributed by atoms with Crippen molar-refractivity contribution in [2.24, 2.45) is 0 Å². The van der Waals surface area contributed by atoms with Gasteiger partial charge in [0.15, 0.2) is 0 Å². The highest BCUT2D eigenvalue weighted by Gasteiger charge is 2.20. The highest BCUT2D eigenvalue weighted by molar-refractivity contribution is 5.31. The second-order valence-corrected chi connectivity index (χ2v) is 5.24. The summed E-state index contributed by atoms with van der Waals surface area (Å²) in [4.78, 5) is 22.9. The monoisotopic (exact) mass is 251 g/mol. The minimum Gasteiger partial charge on any atom is -0.332 e. The summed E-state index contributed by atoms with van der Waals surface area (Å²) < 4.78 is 0. The number of anilines is 1. The topological polar surface area (TPSA) is 53.4 Å². The lowest BCUT2D eigenvalue weighted by atomic mass is 10.1. The van der Waals surface area contributed by atoms with Crippen LogP contribution >= 0.6 is 0 Å². The van der Waals surface area contributed by atoms with Gasteiger partial charge in [0.2, 0.25) is 5.95 Å². The average molecular weight is 251 g/mol. The van der Waals surface area contributed by atoms with Gasteiger partial charge in [-0.05, 0) is 12.8 Å². The summed E-state index contributed by atoms with van der Waals surface area (Å²) in [5.41, 5.74) is 0.827. The molecule has 100 valence electrons. The summed E-state index contributed by atoms with van der Waals surface area (Å²) in [5.74, 6) is 1.02. The van der Waals surface area contributed by atoms with Crippen LogP contribution in [-0.4, -0.2) is 42.7 Å². The fourth-order valence-electron chi connectivity index (χ4n) is 2.30. The zero-order valence-electron chi connectivity index (χ0n) is 11.5. The van der Waals surface area contributed by atoms with Crippen LogP contribution in [0.5, 0.6) is 0 Å². The summed E-state index contributed by atoms with van der Waals surface area (Å²) in [5, 5.41) is 0. The standard InChI is InChI=1S/C13H22N4O/c1-4-16-5-7-17(8-6-16)13-14-11(10(2)3)9-12(18)15-13/h9-10H,4-8H2,1-3H3,(H,14,15,18)/p+1. The maximum atomic E-state index is 11.7. The Morgan fingerprint density at radius 2 is 2.11 bits per heavy atom. The lowest BCUT2D eigenvalue weighted by molar-refractivity contribution is -0.898. The fourth-order valence-corrected chi connectivity index (χ4v) is 2.30. The number of aromatic nitrogens is 2. The van der Waals surface area contributed by atoms with Crippen molar-refractivity contribution in [3.8, 4) is 0 Å².